The third-order valence-electron chi connectivity index (χ3n) is 4.06. The van der Waals surface area contributed by atoms with Gasteiger partial charge in [-0.3, -0.25) is 0 Å². The predicted molar refractivity (Wildman–Crippen MR) is 111 cm³/mol. The zero-order valence-corrected chi connectivity index (χ0v) is 17.2. The molecular weight excluding hydrogens is 322 g/mol. The molecule has 0 aliphatic heterocycles. The highest BCUT2D eigenvalue weighted by Gasteiger charge is 2.27. The lowest BCUT2D eigenvalue weighted by atomic mass is 10.2. The van der Waals surface area contributed by atoms with Gasteiger partial charge in [-0.2, -0.15) is 0 Å². The Balaban J connectivity index is 2.54. The van der Waals surface area contributed by atoms with Crippen molar-refractivity contribution in [2.45, 2.75) is 40.2 Å². The third kappa shape index (κ3) is 5.07. The number of nitrogens with zero attached hydrogens (tertiary/aromatic N) is 1. The van der Waals surface area contributed by atoms with Crippen LogP contribution in [0, 0.1) is 0 Å². The molecular formula is C22H30NOSi. The molecule has 0 aromatic heterocycles. The normalized spacial score (nSPS) is 11.8. The molecule has 133 valence electrons. The molecule has 0 amide bonds. The van der Waals surface area contributed by atoms with E-state index in [1.54, 1.807) is 0 Å². The van der Waals surface area contributed by atoms with E-state index in [0.29, 0.717) is 0 Å². The summed E-state index contributed by atoms with van der Waals surface area (Å²) in [7, 11) is -1.09. The van der Waals surface area contributed by atoms with Crippen LogP contribution >= 0.6 is 0 Å². The molecule has 0 unspecified atom stereocenters. The summed E-state index contributed by atoms with van der Waals surface area (Å²) in [5.41, 5.74) is 0.947. The molecule has 0 fully saturated rings. The smallest absolute Gasteiger partial charge is 0.212 e. The first kappa shape index (κ1) is 19.5. The lowest BCUT2D eigenvalue weighted by Gasteiger charge is -2.31. The fraction of sp³-hybridized carbons (Fsp3) is 0.364. The number of benzene rings is 2. The van der Waals surface area contributed by atoms with Crippen molar-refractivity contribution in [2.24, 2.45) is 0 Å². The standard InChI is InChI=1S/C22H30NOSi/c1-7-18-14-16-19(17-15-18)25(23(8-2)9-3)21-13-11-10-12-20(21)24-22(4,5)6/h7,10-17H,1,8-9H2,2-6H3. The summed E-state index contributed by atoms with van der Waals surface area (Å²) < 4.78 is 8.87. The van der Waals surface area contributed by atoms with Crippen molar-refractivity contribution >= 4 is 25.4 Å². The second kappa shape index (κ2) is 8.50. The lowest BCUT2D eigenvalue weighted by molar-refractivity contribution is 0.132. The van der Waals surface area contributed by atoms with Crippen molar-refractivity contribution in [3.05, 3.63) is 60.7 Å². The van der Waals surface area contributed by atoms with E-state index in [0.717, 1.165) is 24.4 Å². The van der Waals surface area contributed by atoms with Gasteiger partial charge in [0.25, 0.3) is 0 Å². The minimum atomic E-state index is -1.09. The van der Waals surface area contributed by atoms with E-state index in [2.05, 4.69) is 94.3 Å². The van der Waals surface area contributed by atoms with Gasteiger partial charge < -0.3 is 9.30 Å². The molecule has 2 nitrogen and oxygen atoms in total. The van der Waals surface area contributed by atoms with Gasteiger partial charge in [0.1, 0.15) is 11.4 Å². The van der Waals surface area contributed by atoms with Crippen LogP contribution in [-0.4, -0.2) is 32.2 Å². The SMILES string of the molecule is C=Cc1ccc([Si](c2ccccc2OC(C)(C)C)N(CC)CC)cc1. The zero-order chi connectivity index (χ0) is 18.4. The van der Waals surface area contributed by atoms with Crippen molar-refractivity contribution in [2.75, 3.05) is 13.1 Å². The van der Waals surface area contributed by atoms with Crippen LogP contribution in [0.2, 0.25) is 0 Å². The van der Waals surface area contributed by atoms with E-state index in [1.807, 2.05) is 6.08 Å². The Hall–Kier alpha value is -1.84. The van der Waals surface area contributed by atoms with Gasteiger partial charge in [-0.1, -0.05) is 69.0 Å². The van der Waals surface area contributed by atoms with Crippen molar-refractivity contribution in [1.29, 1.82) is 0 Å². The maximum absolute atomic E-state index is 6.30. The maximum Gasteiger partial charge on any atom is 0.212 e. The van der Waals surface area contributed by atoms with E-state index in [4.69, 9.17) is 4.74 Å². The maximum atomic E-state index is 6.30. The average molecular weight is 353 g/mol. The molecule has 2 aromatic rings. The molecule has 0 bridgehead atoms. The van der Waals surface area contributed by atoms with E-state index in [1.165, 1.54) is 10.4 Å². The second-order valence-electron chi connectivity index (χ2n) is 7.06. The van der Waals surface area contributed by atoms with Gasteiger partial charge in [0, 0.05) is 5.19 Å². The van der Waals surface area contributed by atoms with Crippen LogP contribution in [0.5, 0.6) is 5.75 Å². The Morgan fingerprint density at radius 2 is 1.60 bits per heavy atom. The van der Waals surface area contributed by atoms with Crippen molar-refractivity contribution in [1.82, 2.24) is 4.57 Å². The molecule has 2 rings (SSSR count). The number of hydrogen-bond donors (Lipinski definition) is 0. The zero-order valence-electron chi connectivity index (χ0n) is 16.2. The van der Waals surface area contributed by atoms with E-state index in [9.17, 15) is 0 Å². The lowest BCUT2D eigenvalue weighted by Crippen LogP contribution is -2.56. The largest absolute Gasteiger partial charge is 0.488 e. The molecule has 0 saturated carbocycles. The molecule has 0 aliphatic carbocycles. The third-order valence-corrected chi connectivity index (χ3v) is 7.13. The molecule has 25 heavy (non-hydrogen) atoms. The van der Waals surface area contributed by atoms with Gasteiger partial charge in [0.05, 0.1) is 0 Å². The van der Waals surface area contributed by atoms with Crippen molar-refractivity contribution < 1.29 is 4.74 Å². The van der Waals surface area contributed by atoms with Crippen LogP contribution in [0.1, 0.15) is 40.2 Å². The number of para-hydroxylation sites is 1. The second-order valence-corrected chi connectivity index (χ2v) is 9.50. The van der Waals surface area contributed by atoms with Crippen LogP contribution in [0.15, 0.2) is 55.1 Å². The summed E-state index contributed by atoms with van der Waals surface area (Å²) >= 11 is 0. The molecule has 0 saturated heterocycles. The van der Waals surface area contributed by atoms with Crippen LogP contribution in [0.3, 0.4) is 0 Å². The molecule has 0 atom stereocenters. The monoisotopic (exact) mass is 352 g/mol. The number of rotatable bonds is 7. The fourth-order valence-electron chi connectivity index (χ4n) is 2.91. The summed E-state index contributed by atoms with van der Waals surface area (Å²) in [4.78, 5) is 0. The van der Waals surface area contributed by atoms with Crippen LogP contribution in [0.4, 0.5) is 0 Å². The number of ether oxygens (including phenoxy) is 1. The molecule has 0 heterocycles. The van der Waals surface area contributed by atoms with Gasteiger partial charge in [0.15, 0.2) is 0 Å². The van der Waals surface area contributed by atoms with Gasteiger partial charge in [-0.05, 0) is 50.7 Å². The summed E-state index contributed by atoms with van der Waals surface area (Å²) in [6.45, 7) is 16.7. The van der Waals surface area contributed by atoms with Crippen LogP contribution < -0.4 is 15.1 Å². The first-order valence-electron chi connectivity index (χ1n) is 9.02. The highest BCUT2D eigenvalue weighted by molar-refractivity contribution is 6.83. The Bertz CT molecular complexity index is 684. The molecule has 1 radical (unpaired) electrons. The minimum absolute atomic E-state index is 0.209. The molecule has 2 aromatic carbocycles. The highest BCUT2D eigenvalue weighted by Crippen LogP contribution is 2.17. The Labute approximate surface area is 154 Å². The van der Waals surface area contributed by atoms with Gasteiger partial charge >= 0.3 is 0 Å². The predicted octanol–water partition coefficient (Wildman–Crippen LogP) is 3.95. The Kier molecular flexibility index (Phi) is 6.62. The van der Waals surface area contributed by atoms with E-state index in [-0.39, 0.29) is 5.60 Å². The van der Waals surface area contributed by atoms with Gasteiger partial charge in [0.2, 0.25) is 8.96 Å². The van der Waals surface area contributed by atoms with E-state index >= 15 is 0 Å². The quantitative estimate of drug-likeness (QED) is 0.700. The number of hydrogen-bond acceptors (Lipinski definition) is 2. The molecule has 3 heteroatoms. The first-order valence-corrected chi connectivity index (χ1v) is 10.5. The first-order chi connectivity index (χ1) is 11.9. The van der Waals surface area contributed by atoms with Crippen molar-refractivity contribution in [3.8, 4) is 5.75 Å². The minimum Gasteiger partial charge on any atom is -0.488 e. The van der Waals surface area contributed by atoms with Gasteiger partial charge in [-0.25, -0.2) is 0 Å². The summed E-state index contributed by atoms with van der Waals surface area (Å²) in [5.74, 6) is 1.00. The van der Waals surface area contributed by atoms with Crippen LogP contribution in [0.25, 0.3) is 6.08 Å². The molecule has 0 spiro atoms. The average Bonchev–Trinajstić information content (AvgIpc) is 2.59. The van der Waals surface area contributed by atoms with Crippen LogP contribution in [-0.2, 0) is 0 Å². The molecule has 0 N–H and O–H groups in total. The molecule has 0 aliphatic rings. The Morgan fingerprint density at radius 3 is 2.12 bits per heavy atom. The highest BCUT2D eigenvalue weighted by atomic mass is 28.3. The fourth-order valence-corrected chi connectivity index (χ4v) is 5.66. The summed E-state index contributed by atoms with van der Waals surface area (Å²) in [6.07, 6.45) is 1.89. The van der Waals surface area contributed by atoms with E-state index < -0.39 is 8.96 Å². The summed E-state index contributed by atoms with van der Waals surface area (Å²) in [6, 6.07) is 17.3. The summed E-state index contributed by atoms with van der Waals surface area (Å²) in [5, 5.41) is 2.70. The van der Waals surface area contributed by atoms with Crippen molar-refractivity contribution in [3.63, 3.8) is 0 Å². The topological polar surface area (TPSA) is 12.5 Å². The Morgan fingerprint density at radius 1 is 1.00 bits per heavy atom. The van der Waals surface area contributed by atoms with Gasteiger partial charge in [-0.15, -0.1) is 0 Å².